The Hall–Kier alpha value is -3.82. The van der Waals surface area contributed by atoms with Crippen LogP contribution in [0.3, 0.4) is 0 Å². The standard InChI is InChI=1S/C28H32N6O3.ClH/c1-28(2,29)27(37)31-24(14-19-15-30-22-11-7-6-10-20(19)22)26(36)33-13-12-23-21(17-33)25(35)34(32-23)16-18-8-4-3-5-9-18;/h3-11,15,24,30,32H,12-14,16-17,29H2,1-2H3,(H,31,37);1H/t24-;/m1./s1. The summed E-state index contributed by atoms with van der Waals surface area (Å²) in [6.45, 7) is 4.29. The zero-order valence-corrected chi connectivity index (χ0v) is 22.3. The predicted octanol–water partition coefficient (Wildman–Crippen LogP) is 2.48. The van der Waals surface area contributed by atoms with Gasteiger partial charge in [0.15, 0.2) is 0 Å². The molecule has 0 radical (unpaired) electrons. The average Bonchev–Trinajstić information content (AvgIpc) is 3.43. The van der Waals surface area contributed by atoms with E-state index in [1.165, 1.54) is 0 Å². The van der Waals surface area contributed by atoms with E-state index >= 15 is 0 Å². The predicted molar refractivity (Wildman–Crippen MR) is 149 cm³/mol. The number of carbonyl (C=O) groups excluding carboxylic acids is 2. The molecular weight excluding hydrogens is 504 g/mol. The molecule has 2 amide bonds. The van der Waals surface area contributed by atoms with E-state index in [9.17, 15) is 14.4 Å². The number of halogens is 1. The van der Waals surface area contributed by atoms with Crippen LogP contribution in [0.4, 0.5) is 0 Å². The molecule has 0 aliphatic carbocycles. The molecule has 5 N–H and O–H groups in total. The lowest BCUT2D eigenvalue weighted by Crippen LogP contribution is -2.57. The van der Waals surface area contributed by atoms with E-state index in [-0.39, 0.29) is 30.4 Å². The summed E-state index contributed by atoms with van der Waals surface area (Å²) >= 11 is 0. The van der Waals surface area contributed by atoms with Crippen molar-refractivity contribution in [3.05, 3.63) is 93.5 Å². The van der Waals surface area contributed by atoms with Gasteiger partial charge in [0.2, 0.25) is 11.8 Å². The number of rotatable bonds is 7. The molecule has 0 saturated carbocycles. The van der Waals surface area contributed by atoms with Crippen LogP contribution in [0, 0.1) is 0 Å². The molecule has 0 spiro atoms. The van der Waals surface area contributed by atoms with E-state index in [0.29, 0.717) is 31.5 Å². The molecule has 5 rings (SSSR count). The maximum Gasteiger partial charge on any atom is 0.272 e. The summed E-state index contributed by atoms with van der Waals surface area (Å²) in [4.78, 5) is 44.7. The summed E-state index contributed by atoms with van der Waals surface area (Å²) in [5, 5.41) is 7.09. The van der Waals surface area contributed by atoms with Gasteiger partial charge in [0.05, 0.1) is 24.2 Å². The molecule has 0 unspecified atom stereocenters. The zero-order valence-electron chi connectivity index (χ0n) is 21.5. The number of benzene rings is 2. The Labute approximate surface area is 226 Å². The largest absolute Gasteiger partial charge is 0.361 e. The number of hydrogen-bond donors (Lipinski definition) is 4. The Morgan fingerprint density at radius 2 is 1.82 bits per heavy atom. The Kier molecular flexibility index (Phi) is 7.80. The van der Waals surface area contributed by atoms with Gasteiger partial charge in [-0.05, 0) is 31.0 Å². The lowest BCUT2D eigenvalue weighted by Gasteiger charge is -2.31. The van der Waals surface area contributed by atoms with Gasteiger partial charge >= 0.3 is 0 Å². The van der Waals surface area contributed by atoms with Gasteiger partial charge in [-0.1, -0.05) is 48.5 Å². The van der Waals surface area contributed by atoms with Crippen LogP contribution in [0.5, 0.6) is 0 Å². The Bertz CT molecular complexity index is 1500. The number of amides is 2. The van der Waals surface area contributed by atoms with Crippen LogP contribution < -0.4 is 16.6 Å². The molecule has 2 aromatic heterocycles. The molecule has 0 bridgehead atoms. The molecule has 9 nitrogen and oxygen atoms in total. The van der Waals surface area contributed by atoms with Crippen molar-refractivity contribution in [2.24, 2.45) is 5.73 Å². The fourth-order valence-electron chi connectivity index (χ4n) is 4.81. The van der Waals surface area contributed by atoms with Crippen LogP contribution >= 0.6 is 12.4 Å². The molecule has 1 aliphatic heterocycles. The first-order chi connectivity index (χ1) is 17.7. The summed E-state index contributed by atoms with van der Waals surface area (Å²) in [6, 6.07) is 16.8. The number of fused-ring (bicyclic) bond motifs is 2. The number of hydrogen-bond acceptors (Lipinski definition) is 4. The van der Waals surface area contributed by atoms with Crippen molar-refractivity contribution in [1.82, 2.24) is 25.0 Å². The van der Waals surface area contributed by atoms with Gasteiger partial charge in [0.1, 0.15) is 6.04 Å². The second-order valence-corrected chi connectivity index (χ2v) is 10.3. The van der Waals surface area contributed by atoms with Gasteiger partial charge in [-0.3, -0.25) is 19.5 Å². The van der Waals surface area contributed by atoms with E-state index in [1.807, 2.05) is 60.8 Å². The van der Waals surface area contributed by atoms with Gasteiger partial charge in [0, 0.05) is 42.2 Å². The number of H-pyrrole nitrogens is 2. The highest BCUT2D eigenvalue weighted by molar-refractivity contribution is 5.92. The second-order valence-electron chi connectivity index (χ2n) is 10.3. The Morgan fingerprint density at radius 1 is 1.11 bits per heavy atom. The number of carbonyl (C=O) groups is 2. The van der Waals surface area contributed by atoms with Crippen LogP contribution in [0.1, 0.15) is 36.2 Å². The van der Waals surface area contributed by atoms with Crippen molar-refractivity contribution in [1.29, 1.82) is 0 Å². The van der Waals surface area contributed by atoms with E-state index < -0.39 is 17.5 Å². The topological polar surface area (TPSA) is 129 Å². The molecule has 3 heterocycles. The molecule has 38 heavy (non-hydrogen) atoms. The lowest BCUT2D eigenvalue weighted by atomic mass is 10.00. The lowest BCUT2D eigenvalue weighted by molar-refractivity contribution is -0.138. The van der Waals surface area contributed by atoms with Gasteiger partial charge in [0.25, 0.3) is 5.56 Å². The minimum atomic E-state index is -1.14. The highest BCUT2D eigenvalue weighted by atomic mass is 35.5. The third-order valence-electron chi connectivity index (χ3n) is 6.90. The summed E-state index contributed by atoms with van der Waals surface area (Å²) in [5.74, 6) is -0.640. The molecule has 0 fully saturated rings. The highest BCUT2D eigenvalue weighted by Crippen LogP contribution is 2.22. The van der Waals surface area contributed by atoms with E-state index in [0.717, 1.165) is 27.7 Å². The van der Waals surface area contributed by atoms with Gasteiger partial charge < -0.3 is 20.9 Å². The zero-order chi connectivity index (χ0) is 26.2. The highest BCUT2D eigenvalue weighted by Gasteiger charge is 2.34. The molecule has 10 heteroatoms. The summed E-state index contributed by atoms with van der Waals surface area (Å²) in [7, 11) is 0. The Balaban J connectivity index is 0.00000336. The van der Waals surface area contributed by atoms with Crippen molar-refractivity contribution in [3.8, 4) is 0 Å². The van der Waals surface area contributed by atoms with Crippen molar-refractivity contribution < 1.29 is 9.59 Å². The summed E-state index contributed by atoms with van der Waals surface area (Å²) < 4.78 is 1.59. The monoisotopic (exact) mass is 536 g/mol. The van der Waals surface area contributed by atoms with E-state index in [4.69, 9.17) is 5.73 Å². The molecule has 1 aliphatic rings. The fourth-order valence-corrected chi connectivity index (χ4v) is 4.81. The fraction of sp³-hybridized carbons (Fsp3) is 0.321. The molecule has 0 saturated heterocycles. The summed E-state index contributed by atoms with van der Waals surface area (Å²) in [5.41, 5.74) is 9.10. The first-order valence-electron chi connectivity index (χ1n) is 12.5. The summed E-state index contributed by atoms with van der Waals surface area (Å²) in [6.07, 6.45) is 2.71. The van der Waals surface area contributed by atoms with Crippen molar-refractivity contribution >= 4 is 35.1 Å². The van der Waals surface area contributed by atoms with Gasteiger partial charge in [-0.2, -0.15) is 0 Å². The maximum atomic E-state index is 13.8. The van der Waals surface area contributed by atoms with Crippen LogP contribution in [0.2, 0.25) is 0 Å². The number of nitrogens with zero attached hydrogens (tertiary/aromatic N) is 2. The number of nitrogens with two attached hydrogens (primary N) is 1. The van der Waals surface area contributed by atoms with Crippen LogP contribution in [0.15, 0.2) is 65.6 Å². The quantitative estimate of drug-likeness (QED) is 0.289. The smallest absolute Gasteiger partial charge is 0.272 e. The Morgan fingerprint density at radius 3 is 2.55 bits per heavy atom. The van der Waals surface area contributed by atoms with Crippen LogP contribution in [0.25, 0.3) is 10.9 Å². The maximum absolute atomic E-state index is 13.8. The molecule has 4 aromatic rings. The molecule has 200 valence electrons. The minimum Gasteiger partial charge on any atom is -0.361 e. The van der Waals surface area contributed by atoms with Crippen molar-refractivity contribution in [3.63, 3.8) is 0 Å². The SMILES string of the molecule is CC(C)(N)C(=O)N[C@H](Cc1c[nH]c2ccccc12)C(=O)N1CCc2[nH]n(Cc3ccccc3)c(=O)c2C1.Cl. The van der Waals surface area contributed by atoms with Crippen molar-refractivity contribution in [2.75, 3.05) is 6.54 Å². The molecular formula is C28H33ClN6O3. The van der Waals surface area contributed by atoms with Gasteiger partial charge in [-0.25, -0.2) is 4.68 Å². The third kappa shape index (κ3) is 5.54. The normalized spacial score (nSPS) is 14.0. The molecule has 1 atom stereocenters. The number of para-hydroxylation sites is 1. The van der Waals surface area contributed by atoms with Crippen molar-refractivity contribution in [2.45, 2.75) is 51.4 Å². The first kappa shape index (κ1) is 27.2. The number of aromatic nitrogens is 3. The van der Waals surface area contributed by atoms with Crippen LogP contribution in [-0.2, 0) is 35.5 Å². The minimum absolute atomic E-state index is 0. The molecule has 2 aromatic carbocycles. The third-order valence-corrected chi connectivity index (χ3v) is 6.90. The first-order valence-corrected chi connectivity index (χ1v) is 12.5. The van der Waals surface area contributed by atoms with E-state index in [2.05, 4.69) is 15.4 Å². The van der Waals surface area contributed by atoms with Crippen LogP contribution in [-0.4, -0.2) is 49.6 Å². The number of aromatic amines is 2. The average molecular weight is 537 g/mol. The second kappa shape index (κ2) is 10.9. The van der Waals surface area contributed by atoms with Gasteiger partial charge in [-0.15, -0.1) is 12.4 Å². The number of nitrogens with one attached hydrogen (secondary N) is 3. The van der Waals surface area contributed by atoms with E-state index in [1.54, 1.807) is 23.4 Å².